The van der Waals surface area contributed by atoms with Crippen molar-refractivity contribution in [1.29, 1.82) is 0 Å². The van der Waals surface area contributed by atoms with Gasteiger partial charge in [-0.25, -0.2) is 0 Å². The maximum Gasteiger partial charge on any atom is 1.00 e. The third-order valence-corrected chi connectivity index (χ3v) is 1.01. The molecule has 1 aromatic rings. The molecule has 1 heterocycles. The van der Waals surface area contributed by atoms with Crippen molar-refractivity contribution < 1.29 is 58.2 Å². The molecule has 0 radical (unpaired) electrons. The Labute approximate surface area is 97.9 Å². The normalized spacial score (nSPS) is 8.25. The minimum Gasteiger partial charge on any atom is -0.379 e. The van der Waals surface area contributed by atoms with E-state index in [9.17, 15) is 0 Å². The van der Waals surface area contributed by atoms with E-state index in [1.54, 1.807) is 0 Å². The Kier molecular flexibility index (Phi) is 4.43. The first kappa shape index (κ1) is 9.02. The topological polar surface area (TPSA) is 28.7 Å². The molecular formula is C5H7N2Rb. The van der Waals surface area contributed by atoms with E-state index in [-0.39, 0.29) is 58.2 Å². The molecule has 0 aliphatic heterocycles. The van der Waals surface area contributed by atoms with Gasteiger partial charge in [0.2, 0.25) is 0 Å². The summed E-state index contributed by atoms with van der Waals surface area (Å²) in [7, 11) is 0. The molecule has 2 nitrogen and oxygen atoms in total. The van der Waals surface area contributed by atoms with E-state index in [1.807, 2.05) is 13.8 Å². The Morgan fingerprint density at radius 1 is 1.50 bits per heavy atom. The number of aromatic nitrogens is 2. The summed E-state index contributed by atoms with van der Waals surface area (Å²) in [6, 6.07) is 0. The van der Waals surface area contributed by atoms with Gasteiger partial charge in [-0.3, -0.25) is 0 Å². The summed E-state index contributed by atoms with van der Waals surface area (Å²) in [5.74, 6) is 0. The molecule has 0 aliphatic rings. The van der Waals surface area contributed by atoms with Gasteiger partial charge in [-0.05, 0) is 0 Å². The molecule has 1 N–H and O–H groups in total. The zero-order valence-corrected chi connectivity index (χ0v) is 10.4. The van der Waals surface area contributed by atoms with Gasteiger partial charge < -0.3 is 10.2 Å². The second kappa shape index (κ2) is 3.93. The summed E-state index contributed by atoms with van der Waals surface area (Å²) < 4.78 is 0. The van der Waals surface area contributed by atoms with Crippen LogP contribution >= 0.6 is 0 Å². The van der Waals surface area contributed by atoms with Gasteiger partial charge in [0, 0.05) is 0 Å². The molecule has 1 rings (SSSR count). The zero-order valence-electron chi connectivity index (χ0n) is 5.45. The monoisotopic (exact) mass is 180 g/mol. The number of aromatic amines is 1. The van der Waals surface area contributed by atoms with Crippen molar-refractivity contribution >= 4 is 0 Å². The van der Waals surface area contributed by atoms with Gasteiger partial charge in [0.05, 0.1) is 0 Å². The minimum absolute atomic E-state index is 0. The molecule has 0 amide bonds. The van der Waals surface area contributed by atoms with Gasteiger partial charge >= 0.3 is 58.2 Å². The fourth-order valence-corrected chi connectivity index (χ4v) is 0.363. The molecule has 0 atom stereocenters. The second-order valence-corrected chi connectivity index (χ2v) is 1.59. The van der Waals surface area contributed by atoms with Crippen LogP contribution in [-0.4, -0.2) is 10.2 Å². The molecule has 3 heteroatoms. The molecule has 0 saturated carbocycles. The summed E-state index contributed by atoms with van der Waals surface area (Å²) in [4.78, 5) is 0. The van der Waals surface area contributed by atoms with E-state index in [0.717, 1.165) is 11.3 Å². The molecule has 0 aromatic carbocycles. The number of nitrogens with zero attached hydrogens (tertiary/aromatic N) is 1. The molecule has 38 valence electrons. The Bertz CT molecular complexity index is 143. The number of H-pyrrole nitrogens is 1. The zero-order chi connectivity index (χ0) is 5.28. The first-order valence-electron chi connectivity index (χ1n) is 2.20. The third kappa shape index (κ3) is 2.09. The van der Waals surface area contributed by atoms with Crippen LogP contribution in [0.4, 0.5) is 0 Å². The van der Waals surface area contributed by atoms with E-state index in [0.29, 0.717) is 0 Å². The summed E-state index contributed by atoms with van der Waals surface area (Å²) in [6.45, 7) is 3.94. The number of nitrogens with one attached hydrogen (secondary N) is 1. The summed E-state index contributed by atoms with van der Waals surface area (Å²) in [5, 5.41) is 6.43. The quantitative estimate of drug-likeness (QED) is 0.453. The van der Waals surface area contributed by atoms with Gasteiger partial charge in [0.15, 0.2) is 0 Å². The number of rotatable bonds is 0. The van der Waals surface area contributed by atoms with Crippen LogP contribution in [-0.2, 0) is 0 Å². The smallest absolute Gasteiger partial charge is 0.379 e. The van der Waals surface area contributed by atoms with E-state index in [4.69, 9.17) is 0 Å². The fourth-order valence-electron chi connectivity index (χ4n) is 0.363. The van der Waals surface area contributed by atoms with Crippen LogP contribution < -0.4 is 58.2 Å². The van der Waals surface area contributed by atoms with Gasteiger partial charge in [-0.2, -0.15) is 5.56 Å². The van der Waals surface area contributed by atoms with Gasteiger partial charge in [0.25, 0.3) is 0 Å². The predicted molar refractivity (Wildman–Crippen MR) is 26.9 cm³/mol. The molecule has 0 saturated heterocycles. The maximum absolute atomic E-state index is 3.67. The van der Waals surface area contributed by atoms with Crippen molar-refractivity contribution in [1.82, 2.24) is 10.2 Å². The fraction of sp³-hybridized carbons (Fsp3) is 0.400. The molecule has 0 aliphatic carbocycles. The SMILES string of the molecule is Cc1[c-]n[nH]c1C.[Rb+]. The van der Waals surface area contributed by atoms with E-state index in [2.05, 4.69) is 16.4 Å². The molecule has 8 heavy (non-hydrogen) atoms. The molecule has 0 spiro atoms. The van der Waals surface area contributed by atoms with Crippen molar-refractivity contribution in [3.8, 4) is 0 Å². The Balaban J connectivity index is 0.000000490. The van der Waals surface area contributed by atoms with Gasteiger partial charge in [-0.1, -0.05) is 13.8 Å². The van der Waals surface area contributed by atoms with Crippen LogP contribution in [0.1, 0.15) is 11.3 Å². The first-order chi connectivity index (χ1) is 3.30. The standard InChI is InChI=1S/C5H7N2.Rb/c1-4-3-6-7-5(4)2;/h1-2H3,(H,6,7);/q-1;+1. The number of hydrogen-bond acceptors (Lipinski definition) is 1. The Morgan fingerprint density at radius 2 is 2.12 bits per heavy atom. The second-order valence-electron chi connectivity index (χ2n) is 1.59. The van der Waals surface area contributed by atoms with Crippen molar-refractivity contribution in [2.45, 2.75) is 13.8 Å². The van der Waals surface area contributed by atoms with Crippen molar-refractivity contribution in [2.75, 3.05) is 0 Å². The van der Waals surface area contributed by atoms with Crippen LogP contribution in [0.25, 0.3) is 0 Å². The summed E-state index contributed by atoms with van der Waals surface area (Å²) in [6.07, 6.45) is 2.76. The molecule has 0 fully saturated rings. The Hall–Kier alpha value is 1.02. The van der Waals surface area contributed by atoms with Crippen LogP contribution in [0.5, 0.6) is 0 Å². The molecular weight excluding hydrogens is 174 g/mol. The largest absolute Gasteiger partial charge is 1.00 e. The summed E-state index contributed by atoms with van der Waals surface area (Å²) in [5.41, 5.74) is 2.19. The minimum atomic E-state index is 0. The van der Waals surface area contributed by atoms with E-state index < -0.39 is 0 Å². The predicted octanol–water partition coefficient (Wildman–Crippen LogP) is -2.17. The maximum atomic E-state index is 3.67. The Morgan fingerprint density at radius 3 is 2.25 bits per heavy atom. The molecule has 1 aromatic heterocycles. The van der Waals surface area contributed by atoms with Crippen LogP contribution in [0.15, 0.2) is 0 Å². The van der Waals surface area contributed by atoms with Gasteiger partial charge in [-0.15, -0.1) is 11.9 Å². The van der Waals surface area contributed by atoms with Crippen LogP contribution in [0.3, 0.4) is 0 Å². The van der Waals surface area contributed by atoms with E-state index >= 15 is 0 Å². The van der Waals surface area contributed by atoms with Crippen molar-refractivity contribution in [3.63, 3.8) is 0 Å². The third-order valence-electron chi connectivity index (χ3n) is 1.01. The average Bonchev–Trinajstić information content (AvgIpc) is 1.91. The average molecular weight is 181 g/mol. The molecule has 0 bridgehead atoms. The summed E-state index contributed by atoms with van der Waals surface area (Å²) >= 11 is 0. The first-order valence-corrected chi connectivity index (χ1v) is 2.20. The van der Waals surface area contributed by atoms with E-state index in [1.165, 1.54) is 0 Å². The van der Waals surface area contributed by atoms with Crippen molar-refractivity contribution in [3.05, 3.63) is 17.5 Å². The number of aryl methyl sites for hydroxylation is 2. The molecule has 0 unspecified atom stereocenters. The van der Waals surface area contributed by atoms with Crippen molar-refractivity contribution in [2.24, 2.45) is 0 Å². The van der Waals surface area contributed by atoms with Crippen LogP contribution in [0, 0.1) is 20.0 Å². The van der Waals surface area contributed by atoms with Gasteiger partial charge in [0.1, 0.15) is 0 Å². The number of hydrogen-bond donors (Lipinski definition) is 1. The van der Waals surface area contributed by atoms with Crippen LogP contribution in [0.2, 0.25) is 0 Å².